The number of nitrogens with zero attached hydrogens (tertiary/aromatic N) is 2. The van der Waals surface area contributed by atoms with Gasteiger partial charge in [0.1, 0.15) is 0 Å². The van der Waals surface area contributed by atoms with Crippen molar-refractivity contribution in [1.82, 2.24) is 15.3 Å². The smallest absolute Gasteiger partial charge is 0.151 e. The lowest BCUT2D eigenvalue weighted by Crippen LogP contribution is -2.07. The van der Waals surface area contributed by atoms with Crippen molar-refractivity contribution in [3.63, 3.8) is 0 Å². The van der Waals surface area contributed by atoms with Gasteiger partial charge in [-0.05, 0) is 7.05 Å². The van der Waals surface area contributed by atoms with Gasteiger partial charge in [0.2, 0.25) is 0 Å². The lowest BCUT2D eigenvalue weighted by Gasteiger charge is -1.98. The van der Waals surface area contributed by atoms with Crippen LogP contribution in [0.5, 0.6) is 0 Å². The van der Waals surface area contributed by atoms with Gasteiger partial charge in [0.25, 0.3) is 0 Å². The second-order valence-corrected chi connectivity index (χ2v) is 2.18. The number of nitrogens with one attached hydrogen (secondary N) is 1. The molecule has 3 nitrogen and oxygen atoms in total. The van der Waals surface area contributed by atoms with E-state index in [1.807, 2.05) is 7.05 Å². The minimum absolute atomic E-state index is 0.469. The van der Waals surface area contributed by atoms with Gasteiger partial charge in [-0.3, -0.25) is 4.98 Å². The summed E-state index contributed by atoms with van der Waals surface area (Å²) in [6.07, 6.45) is 3.19. The summed E-state index contributed by atoms with van der Waals surface area (Å²) in [6.45, 7) is 0.659. The van der Waals surface area contributed by atoms with Crippen molar-refractivity contribution in [3.05, 3.63) is 23.2 Å². The van der Waals surface area contributed by atoms with Crippen LogP contribution >= 0.6 is 11.6 Å². The van der Waals surface area contributed by atoms with E-state index in [-0.39, 0.29) is 0 Å². The molecule has 0 amide bonds. The summed E-state index contributed by atoms with van der Waals surface area (Å²) in [5.41, 5.74) is 0.784. The Hall–Kier alpha value is -0.670. The van der Waals surface area contributed by atoms with Gasteiger partial charge >= 0.3 is 0 Å². The van der Waals surface area contributed by atoms with Gasteiger partial charge in [0.15, 0.2) is 5.15 Å². The zero-order valence-electron chi connectivity index (χ0n) is 5.63. The molecule has 0 fully saturated rings. The van der Waals surface area contributed by atoms with Crippen molar-refractivity contribution in [2.45, 2.75) is 6.54 Å². The lowest BCUT2D eigenvalue weighted by molar-refractivity contribution is 0.785. The van der Waals surface area contributed by atoms with E-state index in [0.29, 0.717) is 11.7 Å². The Bertz CT molecular complexity index is 214. The van der Waals surface area contributed by atoms with E-state index in [2.05, 4.69) is 15.3 Å². The fourth-order valence-corrected chi connectivity index (χ4v) is 0.808. The van der Waals surface area contributed by atoms with E-state index in [1.165, 1.54) is 0 Å². The molecule has 0 saturated carbocycles. The summed E-state index contributed by atoms with van der Waals surface area (Å²) >= 11 is 5.69. The van der Waals surface area contributed by atoms with E-state index < -0.39 is 0 Å². The average molecular weight is 158 g/mol. The Kier molecular flexibility index (Phi) is 2.59. The molecule has 0 radical (unpaired) electrons. The third kappa shape index (κ3) is 1.65. The van der Waals surface area contributed by atoms with Crippen LogP contribution in [0.2, 0.25) is 5.15 Å². The second-order valence-electron chi connectivity index (χ2n) is 1.82. The number of hydrogen-bond acceptors (Lipinski definition) is 3. The van der Waals surface area contributed by atoms with E-state index in [9.17, 15) is 0 Å². The van der Waals surface area contributed by atoms with Crippen LogP contribution in [0.4, 0.5) is 0 Å². The maximum absolute atomic E-state index is 5.69. The molecule has 1 rings (SSSR count). The van der Waals surface area contributed by atoms with Crippen LogP contribution in [-0.4, -0.2) is 17.0 Å². The molecule has 0 aliphatic carbocycles. The second kappa shape index (κ2) is 3.49. The third-order valence-electron chi connectivity index (χ3n) is 1.07. The van der Waals surface area contributed by atoms with E-state index in [1.54, 1.807) is 12.4 Å². The number of aromatic nitrogens is 2. The van der Waals surface area contributed by atoms with Gasteiger partial charge in [-0.1, -0.05) is 11.6 Å². The summed E-state index contributed by atoms with van der Waals surface area (Å²) in [6, 6.07) is 0. The van der Waals surface area contributed by atoms with Crippen LogP contribution in [0.3, 0.4) is 0 Å². The molecule has 0 aliphatic heterocycles. The molecule has 1 aromatic rings. The van der Waals surface area contributed by atoms with Crippen molar-refractivity contribution in [3.8, 4) is 0 Å². The predicted octanol–water partition coefficient (Wildman–Crippen LogP) is 0.849. The summed E-state index contributed by atoms with van der Waals surface area (Å²) in [5, 5.41) is 3.41. The van der Waals surface area contributed by atoms with Gasteiger partial charge in [-0.2, -0.15) is 0 Å². The normalized spacial score (nSPS) is 9.80. The summed E-state index contributed by atoms with van der Waals surface area (Å²) in [5.74, 6) is 0. The van der Waals surface area contributed by atoms with Gasteiger partial charge < -0.3 is 5.32 Å². The number of rotatable bonds is 2. The van der Waals surface area contributed by atoms with Gasteiger partial charge in [-0.25, -0.2) is 4.98 Å². The highest BCUT2D eigenvalue weighted by molar-refractivity contribution is 6.29. The highest BCUT2D eigenvalue weighted by Gasteiger charge is 1.97. The predicted molar refractivity (Wildman–Crippen MR) is 39.8 cm³/mol. The van der Waals surface area contributed by atoms with Gasteiger partial charge in [-0.15, -0.1) is 0 Å². The molecule has 4 heteroatoms. The molecule has 1 aromatic heterocycles. The molecule has 0 aromatic carbocycles. The molecule has 0 bridgehead atoms. The first kappa shape index (κ1) is 7.44. The quantitative estimate of drug-likeness (QED) is 0.692. The summed E-state index contributed by atoms with van der Waals surface area (Å²) < 4.78 is 0. The Morgan fingerprint density at radius 2 is 2.20 bits per heavy atom. The van der Waals surface area contributed by atoms with E-state index in [0.717, 1.165) is 5.69 Å². The fourth-order valence-electron chi connectivity index (χ4n) is 0.636. The zero-order chi connectivity index (χ0) is 7.40. The number of hydrogen-bond donors (Lipinski definition) is 1. The van der Waals surface area contributed by atoms with Gasteiger partial charge in [0.05, 0.1) is 5.69 Å². The van der Waals surface area contributed by atoms with Crippen molar-refractivity contribution in [2.75, 3.05) is 7.05 Å². The molecule has 0 spiro atoms. The Morgan fingerprint density at radius 3 is 2.80 bits per heavy atom. The molecule has 54 valence electrons. The maximum Gasteiger partial charge on any atom is 0.151 e. The van der Waals surface area contributed by atoms with Crippen LogP contribution < -0.4 is 5.32 Å². The SMILES string of the molecule is CNCc1nccnc1Cl. The van der Waals surface area contributed by atoms with Crippen LogP contribution in [-0.2, 0) is 6.54 Å². The summed E-state index contributed by atoms with van der Waals surface area (Å²) in [7, 11) is 1.84. The molecular weight excluding hydrogens is 150 g/mol. The Labute approximate surface area is 64.5 Å². The first-order valence-electron chi connectivity index (χ1n) is 2.94. The van der Waals surface area contributed by atoms with Crippen LogP contribution in [0, 0.1) is 0 Å². The van der Waals surface area contributed by atoms with E-state index >= 15 is 0 Å². The molecule has 0 saturated heterocycles. The first-order valence-corrected chi connectivity index (χ1v) is 3.32. The summed E-state index contributed by atoms with van der Waals surface area (Å²) in [4.78, 5) is 7.87. The standard InChI is InChI=1S/C6H8ClN3/c1-8-4-5-6(7)10-3-2-9-5/h2-3,8H,4H2,1H3. The maximum atomic E-state index is 5.69. The topological polar surface area (TPSA) is 37.8 Å². The van der Waals surface area contributed by atoms with E-state index in [4.69, 9.17) is 11.6 Å². The highest BCUT2D eigenvalue weighted by atomic mass is 35.5. The minimum Gasteiger partial charge on any atom is -0.314 e. The molecule has 0 atom stereocenters. The molecular formula is C6H8ClN3. The Balaban J connectivity index is 2.81. The average Bonchev–Trinajstić information content (AvgIpc) is 1.94. The van der Waals surface area contributed by atoms with Crippen molar-refractivity contribution in [1.29, 1.82) is 0 Å². The third-order valence-corrected chi connectivity index (χ3v) is 1.38. The largest absolute Gasteiger partial charge is 0.314 e. The molecule has 1 heterocycles. The highest BCUT2D eigenvalue weighted by Crippen LogP contribution is 2.06. The number of halogens is 1. The lowest BCUT2D eigenvalue weighted by atomic mass is 10.4. The van der Waals surface area contributed by atoms with Crippen LogP contribution in [0.1, 0.15) is 5.69 Å². The molecule has 10 heavy (non-hydrogen) atoms. The first-order chi connectivity index (χ1) is 4.84. The fraction of sp³-hybridized carbons (Fsp3) is 0.333. The minimum atomic E-state index is 0.469. The molecule has 0 unspecified atom stereocenters. The zero-order valence-corrected chi connectivity index (χ0v) is 6.39. The van der Waals surface area contributed by atoms with Crippen molar-refractivity contribution < 1.29 is 0 Å². The van der Waals surface area contributed by atoms with Crippen LogP contribution in [0.25, 0.3) is 0 Å². The van der Waals surface area contributed by atoms with Crippen molar-refractivity contribution in [2.24, 2.45) is 0 Å². The molecule has 1 N–H and O–H groups in total. The monoisotopic (exact) mass is 157 g/mol. The van der Waals surface area contributed by atoms with Crippen LogP contribution in [0.15, 0.2) is 12.4 Å². The molecule has 0 aliphatic rings. The Morgan fingerprint density at radius 1 is 1.50 bits per heavy atom. The van der Waals surface area contributed by atoms with Crippen molar-refractivity contribution >= 4 is 11.6 Å². The van der Waals surface area contributed by atoms with Gasteiger partial charge in [0, 0.05) is 18.9 Å².